The maximum atomic E-state index is 11.8. The number of benzene rings is 1. The Balaban J connectivity index is 1.77. The van der Waals surface area contributed by atoms with Crippen LogP contribution in [0.25, 0.3) is 5.57 Å². The van der Waals surface area contributed by atoms with Crippen molar-refractivity contribution in [3.8, 4) is 0 Å². The summed E-state index contributed by atoms with van der Waals surface area (Å²) in [6.07, 6.45) is 6.65. The highest BCUT2D eigenvalue weighted by Crippen LogP contribution is 2.24. The van der Waals surface area contributed by atoms with Gasteiger partial charge in [-0.15, -0.1) is 0 Å². The third-order valence-electron chi connectivity index (χ3n) is 5.49. The van der Waals surface area contributed by atoms with Gasteiger partial charge >= 0.3 is 0 Å². The van der Waals surface area contributed by atoms with Gasteiger partial charge in [-0.2, -0.15) is 0 Å². The van der Waals surface area contributed by atoms with Crippen LogP contribution >= 0.6 is 0 Å². The van der Waals surface area contributed by atoms with E-state index >= 15 is 0 Å². The van der Waals surface area contributed by atoms with Crippen molar-refractivity contribution in [3.63, 3.8) is 0 Å². The fraction of sp³-hybridized carbons (Fsp3) is 0.545. The molecule has 6 nitrogen and oxygen atoms in total. The molecule has 0 radical (unpaired) electrons. The van der Waals surface area contributed by atoms with Gasteiger partial charge in [-0.25, -0.2) is 0 Å². The molecule has 2 aliphatic heterocycles. The van der Waals surface area contributed by atoms with Gasteiger partial charge in [-0.3, -0.25) is 14.7 Å². The van der Waals surface area contributed by atoms with E-state index in [4.69, 9.17) is 15.5 Å². The summed E-state index contributed by atoms with van der Waals surface area (Å²) >= 11 is 0. The fourth-order valence-electron chi connectivity index (χ4n) is 3.74. The zero-order valence-corrected chi connectivity index (χ0v) is 17.0. The number of nitrogens with zero attached hydrogens (tertiary/aromatic N) is 3. The van der Waals surface area contributed by atoms with Crippen LogP contribution in [0.4, 0.5) is 0 Å². The third-order valence-corrected chi connectivity index (χ3v) is 5.49. The molecule has 2 aliphatic rings. The normalized spacial score (nSPS) is 25.5. The zero-order chi connectivity index (χ0) is 19.9. The topological polar surface area (TPSA) is 71.2 Å². The molecule has 0 spiro atoms. The van der Waals surface area contributed by atoms with Crippen LogP contribution in [-0.2, 0) is 16.1 Å². The number of likely N-dealkylation sites (N-methyl/N-ethyl adjacent to an activating group) is 1. The van der Waals surface area contributed by atoms with Gasteiger partial charge in [0.25, 0.3) is 0 Å². The minimum atomic E-state index is -0.0562. The Morgan fingerprint density at radius 2 is 2.14 bits per heavy atom. The summed E-state index contributed by atoms with van der Waals surface area (Å²) in [5, 5.41) is 0. The van der Waals surface area contributed by atoms with Gasteiger partial charge in [-0.1, -0.05) is 31.2 Å². The van der Waals surface area contributed by atoms with Crippen molar-refractivity contribution < 1.29 is 9.53 Å². The van der Waals surface area contributed by atoms with Gasteiger partial charge in [0.05, 0.1) is 19.8 Å². The molecule has 6 heteroatoms. The number of allylic oxidation sites excluding steroid dienone is 2. The highest BCUT2D eigenvalue weighted by atomic mass is 16.5. The number of rotatable bonds is 5. The number of carbonyl (C=O) groups is 1. The number of morpholine rings is 1. The van der Waals surface area contributed by atoms with Crippen LogP contribution in [0.2, 0.25) is 0 Å². The van der Waals surface area contributed by atoms with E-state index < -0.39 is 0 Å². The number of hydrogen-bond donors (Lipinski definition) is 1. The first kappa shape index (κ1) is 20.7. The maximum absolute atomic E-state index is 11.8. The number of carbonyl (C=O) groups excluding carboxylic acids is 1. The Bertz CT molecular complexity index is 725. The van der Waals surface area contributed by atoms with Crippen LogP contribution < -0.4 is 5.73 Å². The molecule has 2 N–H and O–H groups in total. The molecular weight excluding hydrogens is 352 g/mol. The molecule has 0 saturated carbocycles. The first-order chi connectivity index (χ1) is 13.6. The molecule has 1 unspecified atom stereocenters. The first-order valence-corrected chi connectivity index (χ1v) is 10.1. The highest BCUT2D eigenvalue weighted by Gasteiger charge is 2.23. The molecule has 1 aromatic carbocycles. The standard InChI is InChI=1S/C22H32N4O2/c1-17-6-7-20(15-24-21(12-17)26-8-10-28-11-9-26)19-5-3-4-18(13-19)16-25(2)22(27)14-23/h3-5,7,13,15,17,21H,6,8-12,14,16,23H2,1-2H3/b20-7+,24-15?/t17-,21?/m1/s1. The number of hydrogen-bond acceptors (Lipinski definition) is 5. The second-order valence-corrected chi connectivity index (χ2v) is 7.80. The van der Waals surface area contributed by atoms with E-state index in [-0.39, 0.29) is 18.6 Å². The van der Waals surface area contributed by atoms with E-state index in [2.05, 4.69) is 30.0 Å². The lowest BCUT2D eigenvalue weighted by molar-refractivity contribution is -0.128. The van der Waals surface area contributed by atoms with Crippen molar-refractivity contribution in [2.75, 3.05) is 39.9 Å². The van der Waals surface area contributed by atoms with E-state index in [9.17, 15) is 4.79 Å². The maximum Gasteiger partial charge on any atom is 0.236 e. The lowest BCUT2D eigenvalue weighted by Gasteiger charge is -2.34. The van der Waals surface area contributed by atoms with Crippen LogP contribution in [0.5, 0.6) is 0 Å². The first-order valence-electron chi connectivity index (χ1n) is 10.1. The van der Waals surface area contributed by atoms with Gasteiger partial charge in [-0.05, 0) is 41.5 Å². The minimum Gasteiger partial charge on any atom is -0.379 e. The molecular formula is C22H32N4O2. The summed E-state index contributed by atoms with van der Waals surface area (Å²) in [5.74, 6) is 0.524. The van der Waals surface area contributed by atoms with E-state index in [1.807, 2.05) is 18.3 Å². The Morgan fingerprint density at radius 1 is 1.36 bits per heavy atom. The summed E-state index contributed by atoms with van der Waals surface area (Å²) < 4.78 is 5.49. The van der Waals surface area contributed by atoms with Crippen LogP contribution in [0, 0.1) is 5.92 Å². The molecule has 0 bridgehead atoms. The van der Waals surface area contributed by atoms with E-state index in [1.165, 1.54) is 0 Å². The predicted octanol–water partition coefficient (Wildman–Crippen LogP) is 2.15. The second kappa shape index (κ2) is 9.96. The smallest absolute Gasteiger partial charge is 0.236 e. The minimum absolute atomic E-state index is 0.0365. The van der Waals surface area contributed by atoms with Crippen molar-refractivity contribution >= 4 is 17.7 Å². The fourth-order valence-corrected chi connectivity index (χ4v) is 3.74. The lowest BCUT2D eigenvalue weighted by atomic mass is 9.95. The van der Waals surface area contributed by atoms with Crippen molar-refractivity contribution in [2.24, 2.45) is 16.6 Å². The van der Waals surface area contributed by atoms with Crippen LogP contribution in [0.15, 0.2) is 35.3 Å². The van der Waals surface area contributed by atoms with Crippen LogP contribution in [0.3, 0.4) is 0 Å². The molecule has 0 aliphatic carbocycles. The Hall–Kier alpha value is -2.02. The van der Waals surface area contributed by atoms with Gasteiger partial charge < -0.3 is 15.4 Å². The zero-order valence-electron chi connectivity index (χ0n) is 17.0. The summed E-state index contributed by atoms with van der Waals surface area (Å²) in [4.78, 5) is 20.8. The largest absolute Gasteiger partial charge is 0.379 e. The quantitative estimate of drug-likeness (QED) is 0.844. The van der Waals surface area contributed by atoms with E-state index in [0.29, 0.717) is 12.5 Å². The Kier molecular flexibility index (Phi) is 7.36. The molecule has 28 heavy (non-hydrogen) atoms. The summed E-state index contributed by atoms with van der Waals surface area (Å²) in [5.41, 5.74) is 8.85. The molecule has 152 valence electrons. The number of nitrogens with two attached hydrogens (primary N) is 1. The van der Waals surface area contributed by atoms with Crippen LogP contribution in [-0.4, -0.2) is 68.0 Å². The van der Waals surface area contributed by atoms with E-state index in [0.717, 1.165) is 55.8 Å². The predicted molar refractivity (Wildman–Crippen MR) is 113 cm³/mol. The van der Waals surface area contributed by atoms with E-state index in [1.54, 1.807) is 11.9 Å². The third kappa shape index (κ3) is 5.50. The molecule has 2 atom stereocenters. The molecule has 3 rings (SSSR count). The average molecular weight is 385 g/mol. The van der Waals surface area contributed by atoms with Gasteiger partial charge in [0.2, 0.25) is 5.91 Å². The molecule has 1 aromatic rings. The van der Waals surface area contributed by atoms with Gasteiger partial charge in [0, 0.05) is 32.9 Å². The molecule has 1 amide bonds. The van der Waals surface area contributed by atoms with Gasteiger partial charge in [0.15, 0.2) is 0 Å². The molecule has 1 fully saturated rings. The highest BCUT2D eigenvalue weighted by molar-refractivity contribution is 6.09. The molecule has 1 saturated heterocycles. The number of aliphatic imine (C=N–C) groups is 1. The SMILES string of the molecule is C[C@@H]1C/C=C(/c2cccc(CN(C)C(=O)CN)c2)C=NC(N2CCOCC2)C1. The Labute approximate surface area is 168 Å². The van der Waals surface area contributed by atoms with Crippen molar-refractivity contribution in [3.05, 3.63) is 41.5 Å². The van der Waals surface area contributed by atoms with Gasteiger partial charge in [0.1, 0.15) is 6.17 Å². The van der Waals surface area contributed by atoms with Crippen LogP contribution in [0.1, 0.15) is 30.9 Å². The lowest BCUT2D eigenvalue weighted by Crippen LogP contribution is -2.43. The average Bonchev–Trinajstić information content (AvgIpc) is 2.71. The summed E-state index contributed by atoms with van der Waals surface area (Å²) in [6, 6.07) is 8.35. The molecule has 2 heterocycles. The Morgan fingerprint density at radius 3 is 2.89 bits per heavy atom. The second-order valence-electron chi connectivity index (χ2n) is 7.80. The summed E-state index contributed by atoms with van der Waals surface area (Å²) in [6.45, 7) is 6.37. The summed E-state index contributed by atoms with van der Waals surface area (Å²) in [7, 11) is 1.78. The van der Waals surface area contributed by atoms with Crippen molar-refractivity contribution in [2.45, 2.75) is 32.5 Å². The monoisotopic (exact) mass is 384 g/mol. The number of amides is 1. The van der Waals surface area contributed by atoms with Crippen molar-refractivity contribution in [1.82, 2.24) is 9.80 Å². The van der Waals surface area contributed by atoms with Crippen molar-refractivity contribution in [1.29, 1.82) is 0 Å². The molecule has 0 aromatic heterocycles. The number of ether oxygens (including phenoxy) is 1.